The molecule has 1 aromatic rings. The smallest absolute Gasteiger partial charge is 0.200 e. The number of hydrogen-bond donors (Lipinski definition) is 0. The number of carbonyl (C=O) groups excluding carboxylic acids is 1. The van der Waals surface area contributed by atoms with Gasteiger partial charge in [-0.15, -0.1) is 0 Å². The summed E-state index contributed by atoms with van der Waals surface area (Å²) in [4.78, 5) is 11.4. The summed E-state index contributed by atoms with van der Waals surface area (Å²) in [5.41, 5.74) is 0.144. The maximum atomic E-state index is 13.4. The molecule has 0 amide bonds. The summed E-state index contributed by atoms with van der Waals surface area (Å²) in [6.07, 6.45) is 0.245. The van der Waals surface area contributed by atoms with Crippen LogP contribution in [0, 0.1) is 17.6 Å². The summed E-state index contributed by atoms with van der Waals surface area (Å²) in [7, 11) is 0. The highest BCUT2D eigenvalue weighted by atomic mass is 19.2. The lowest BCUT2D eigenvalue weighted by Gasteiger charge is -2.11. The van der Waals surface area contributed by atoms with Crippen LogP contribution in [-0.2, 0) is 0 Å². The molecule has 17 heavy (non-hydrogen) atoms. The molecule has 0 aliphatic rings. The largest absolute Gasteiger partial charge is 0.490 e. The molecule has 0 radical (unpaired) electrons. The van der Waals surface area contributed by atoms with Gasteiger partial charge in [-0.1, -0.05) is 20.8 Å². The van der Waals surface area contributed by atoms with Gasteiger partial charge in [-0.3, -0.25) is 4.79 Å². The molecular formula is C13H16F2O2. The van der Waals surface area contributed by atoms with E-state index in [0.717, 1.165) is 6.07 Å². The van der Waals surface area contributed by atoms with Crippen molar-refractivity contribution >= 4 is 5.78 Å². The lowest BCUT2D eigenvalue weighted by molar-refractivity contribution is 0.0987. The van der Waals surface area contributed by atoms with E-state index in [9.17, 15) is 13.6 Å². The highest BCUT2D eigenvalue weighted by Crippen LogP contribution is 2.23. The van der Waals surface area contributed by atoms with E-state index < -0.39 is 11.6 Å². The first-order valence-corrected chi connectivity index (χ1v) is 5.60. The van der Waals surface area contributed by atoms with Gasteiger partial charge in [0.15, 0.2) is 17.3 Å². The maximum absolute atomic E-state index is 13.4. The van der Waals surface area contributed by atoms with Gasteiger partial charge in [0.25, 0.3) is 0 Å². The Bertz CT molecular complexity index is 414. The lowest BCUT2D eigenvalue weighted by Crippen LogP contribution is -2.08. The number of rotatable bonds is 5. The molecular weight excluding hydrogens is 226 g/mol. The zero-order valence-electron chi connectivity index (χ0n) is 10.2. The van der Waals surface area contributed by atoms with Crippen LogP contribution < -0.4 is 4.74 Å². The van der Waals surface area contributed by atoms with Crippen molar-refractivity contribution in [3.05, 3.63) is 29.3 Å². The van der Waals surface area contributed by atoms with Gasteiger partial charge in [0.1, 0.15) is 0 Å². The third kappa shape index (κ3) is 3.51. The Morgan fingerprint density at radius 1 is 1.35 bits per heavy atom. The van der Waals surface area contributed by atoms with Gasteiger partial charge in [0.05, 0.1) is 6.61 Å². The molecule has 0 saturated heterocycles. The van der Waals surface area contributed by atoms with E-state index in [1.807, 2.05) is 13.8 Å². The van der Waals surface area contributed by atoms with Crippen molar-refractivity contribution in [1.82, 2.24) is 0 Å². The Hall–Kier alpha value is -1.45. The van der Waals surface area contributed by atoms with E-state index >= 15 is 0 Å². The average Bonchev–Trinajstić information content (AvgIpc) is 2.29. The number of ketones is 1. The molecule has 0 aliphatic carbocycles. The molecule has 0 fully saturated rings. The van der Waals surface area contributed by atoms with Gasteiger partial charge in [-0.05, 0) is 18.1 Å². The number of carbonyl (C=O) groups is 1. The molecule has 4 heteroatoms. The minimum atomic E-state index is -1.05. The molecule has 0 heterocycles. The Morgan fingerprint density at radius 3 is 2.53 bits per heavy atom. The predicted octanol–water partition coefficient (Wildman–Crippen LogP) is 3.59. The Labute approximate surface area is 99.6 Å². The molecule has 0 saturated carbocycles. The van der Waals surface area contributed by atoms with E-state index in [2.05, 4.69) is 0 Å². The molecule has 0 N–H and O–H groups in total. The molecule has 2 nitrogen and oxygen atoms in total. The minimum Gasteiger partial charge on any atom is -0.490 e. The monoisotopic (exact) mass is 242 g/mol. The van der Waals surface area contributed by atoms with E-state index in [1.165, 1.54) is 6.07 Å². The van der Waals surface area contributed by atoms with Crippen molar-refractivity contribution in [1.29, 1.82) is 0 Å². The first-order chi connectivity index (χ1) is 7.95. The van der Waals surface area contributed by atoms with E-state index in [4.69, 9.17) is 4.74 Å². The van der Waals surface area contributed by atoms with Gasteiger partial charge in [0, 0.05) is 12.0 Å². The normalized spacial score (nSPS) is 10.7. The van der Waals surface area contributed by atoms with Gasteiger partial charge < -0.3 is 4.74 Å². The fraction of sp³-hybridized carbons (Fsp3) is 0.462. The fourth-order valence-electron chi connectivity index (χ4n) is 1.29. The van der Waals surface area contributed by atoms with Crippen LogP contribution in [0.3, 0.4) is 0 Å². The van der Waals surface area contributed by atoms with Crippen LogP contribution in [0.15, 0.2) is 12.1 Å². The number of hydrogen-bond acceptors (Lipinski definition) is 2. The van der Waals surface area contributed by atoms with E-state index in [0.29, 0.717) is 0 Å². The van der Waals surface area contributed by atoms with Crippen molar-refractivity contribution in [3.8, 4) is 5.75 Å². The SMILES string of the molecule is CCC(=O)c1cc(F)c(F)c(OCC(C)C)c1. The molecule has 0 aromatic heterocycles. The quantitative estimate of drug-likeness (QED) is 0.737. The summed E-state index contributed by atoms with van der Waals surface area (Å²) in [6.45, 7) is 5.74. The third-order valence-electron chi connectivity index (χ3n) is 2.21. The van der Waals surface area contributed by atoms with E-state index in [-0.39, 0.29) is 36.0 Å². The van der Waals surface area contributed by atoms with Crippen LogP contribution in [0.25, 0.3) is 0 Å². The average molecular weight is 242 g/mol. The number of benzene rings is 1. The predicted molar refractivity (Wildman–Crippen MR) is 61.3 cm³/mol. The van der Waals surface area contributed by atoms with E-state index in [1.54, 1.807) is 6.92 Å². The topological polar surface area (TPSA) is 26.3 Å². The number of Topliss-reactive ketones (excluding diaryl/α,β-unsaturated/α-hetero) is 1. The van der Waals surface area contributed by atoms with Gasteiger partial charge >= 0.3 is 0 Å². The van der Waals surface area contributed by atoms with Crippen LogP contribution >= 0.6 is 0 Å². The maximum Gasteiger partial charge on any atom is 0.200 e. The molecule has 1 aromatic carbocycles. The standard InChI is InChI=1S/C13H16F2O2/c1-4-11(16)9-5-10(14)13(15)12(6-9)17-7-8(2)3/h5-6,8H,4,7H2,1-3H3. The molecule has 0 spiro atoms. The van der Waals surface area contributed by atoms with Crippen molar-refractivity contribution < 1.29 is 18.3 Å². The molecule has 0 atom stereocenters. The van der Waals surface area contributed by atoms with Crippen LogP contribution in [0.1, 0.15) is 37.6 Å². The van der Waals surface area contributed by atoms with Crippen molar-refractivity contribution in [2.24, 2.45) is 5.92 Å². The fourth-order valence-corrected chi connectivity index (χ4v) is 1.29. The van der Waals surface area contributed by atoms with Crippen molar-refractivity contribution in [2.75, 3.05) is 6.61 Å². The molecule has 0 aliphatic heterocycles. The van der Waals surface area contributed by atoms with Gasteiger partial charge in [-0.2, -0.15) is 4.39 Å². The second-order valence-corrected chi connectivity index (χ2v) is 4.25. The Kier molecular flexibility index (Phi) is 4.61. The lowest BCUT2D eigenvalue weighted by atomic mass is 10.1. The summed E-state index contributed by atoms with van der Waals surface area (Å²) in [5.74, 6) is -2.34. The Morgan fingerprint density at radius 2 is 2.00 bits per heavy atom. The summed E-state index contributed by atoms with van der Waals surface area (Å²) in [5, 5.41) is 0. The highest BCUT2D eigenvalue weighted by molar-refractivity contribution is 5.96. The van der Waals surface area contributed by atoms with Crippen LogP contribution in [0.2, 0.25) is 0 Å². The first-order valence-electron chi connectivity index (χ1n) is 5.60. The number of halogens is 2. The van der Waals surface area contributed by atoms with Crippen LogP contribution in [0.4, 0.5) is 8.78 Å². The van der Waals surface area contributed by atoms with Crippen LogP contribution in [-0.4, -0.2) is 12.4 Å². The highest BCUT2D eigenvalue weighted by Gasteiger charge is 2.15. The molecule has 0 bridgehead atoms. The summed E-state index contributed by atoms with van der Waals surface area (Å²) >= 11 is 0. The second-order valence-electron chi connectivity index (χ2n) is 4.25. The first kappa shape index (κ1) is 13.6. The molecule has 0 unspecified atom stereocenters. The Balaban J connectivity index is 3.02. The number of ether oxygens (including phenoxy) is 1. The molecule has 1 rings (SSSR count). The summed E-state index contributed by atoms with van der Waals surface area (Å²) in [6, 6.07) is 2.16. The zero-order chi connectivity index (χ0) is 13.0. The van der Waals surface area contributed by atoms with Gasteiger partial charge in [0.2, 0.25) is 5.82 Å². The van der Waals surface area contributed by atoms with Gasteiger partial charge in [-0.25, -0.2) is 4.39 Å². The molecule has 94 valence electrons. The third-order valence-corrected chi connectivity index (χ3v) is 2.21. The minimum absolute atomic E-state index is 0.144. The second kappa shape index (κ2) is 5.75. The van der Waals surface area contributed by atoms with Crippen LogP contribution in [0.5, 0.6) is 5.75 Å². The van der Waals surface area contributed by atoms with Crippen molar-refractivity contribution in [2.45, 2.75) is 27.2 Å². The van der Waals surface area contributed by atoms with Crippen molar-refractivity contribution in [3.63, 3.8) is 0 Å². The summed E-state index contributed by atoms with van der Waals surface area (Å²) < 4.78 is 31.8. The zero-order valence-corrected chi connectivity index (χ0v) is 10.2.